The largest absolute Gasteiger partial charge is 0.352 e. The van der Waals surface area contributed by atoms with Gasteiger partial charge in [0.1, 0.15) is 0 Å². The normalized spacial score (nSPS) is 16.1. The van der Waals surface area contributed by atoms with E-state index in [2.05, 4.69) is 10.6 Å². The van der Waals surface area contributed by atoms with E-state index in [0.717, 1.165) is 10.5 Å². The van der Waals surface area contributed by atoms with Crippen LogP contribution in [0.4, 0.5) is 5.69 Å². The molecule has 1 heterocycles. The van der Waals surface area contributed by atoms with Gasteiger partial charge < -0.3 is 10.6 Å². The zero-order valence-corrected chi connectivity index (χ0v) is 18.2. The number of carbonyl (C=O) groups excluding carboxylic acids is 2. The van der Waals surface area contributed by atoms with E-state index in [1.54, 1.807) is 24.3 Å². The van der Waals surface area contributed by atoms with Crippen LogP contribution in [0.25, 0.3) is 0 Å². The molecule has 0 saturated carbocycles. The average Bonchev–Trinajstić information content (AvgIpc) is 2.70. The Bertz CT molecular complexity index is 1040. The van der Waals surface area contributed by atoms with Gasteiger partial charge in [-0.05, 0) is 36.2 Å². The second-order valence-electron chi connectivity index (χ2n) is 6.60. The van der Waals surface area contributed by atoms with E-state index in [1.807, 2.05) is 13.0 Å². The van der Waals surface area contributed by atoms with Crippen LogP contribution in [0.2, 0.25) is 5.02 Å². The Kier molecular flexibility index (Phi) is 6.87. The molecule has 0 spiro atoms. The second-order valence-corrected chi connectivity index (χ2v) is 10.4. The quantitative estimate of drug-likeness (QED) is 0.669. The van der Waals surface area contributed by atoms with Crippen LogP contribution in [0.3, 0.4) is 0 Å². The van der Waals surface area contributed by atoms with E-state index in [-0.39, 0.29) is 40.7 Å². The Morgan fingerprint density at radius 1 is 1.24 bits per heavy atom. The zero-order valence-electron chi connectivity index (χ0n) is 15.8. The van der Waals surface area contributed by atoms with E-state index < -0.39 is 9.84 Å². The van der Waals surface area contributed by atoms with Crippen molar-refractivity contribution in [2.24, 2.45) is 0 Å². The van der Waals surface area contributed by atoms with Crippen molar-refractivity contribution in [1.29, 1.82) is 0 Å². The van der Waals surface area contributed by atoms with Crippen molar-refractivity contribution in [3.63, 3.8) is 0 Å². The highest BCUT2D eigenvalue weighted by atomic mass is 35.5. The number of halogens is 1. The molecule has 1 aliphatic heterocycles. The summed E-state index contributed by atoms with van der Waals surface area (Å²) >= 11 is 7.47. The summed E-state index contributed by atoms with van der Waals surface area (Å²) in [5.74, 6) is -0.821. The molecule has 2 amide bonds. The van der Waals surface area contributed by atoms with Crippen molar-refractivity contribution < 1.29 is 18.0 Å². The van der Waals surface area contributed by atoms with Gasteiger partial charge >= 0.3 is 0 Å². The van der Waals surface area contributed by atoms with Crippen LogP contribution >= 0.6 is 23.4 Å². The summed E-state index contributed by atoms with van der Waals surface area (Å²) in [6.45, 7) is 2.16. The minimum absolute atomic E-state index is 0.0889. The molecule has 0 saturated heterocycles. The highest BCUT2D eigenvalue weighted by Crippen LogP contribution is 2.38. The maximum absolute atomic E-state index is 12.6. The molecule has 6 nitrogen and oxygen atoms in total. The maximum Gasteiger partial charge on any atom is 0.237 e. The van der Waals surface area contributed by atoms with Crippen LogP contribution in [0.5, 0.6) is 0 Å². The number of fused-ring (bicyclic) bond motifs is 1. The first-order valence-corrected chi connectivity index (χ1v) is 12.1. The molecule has 0 aromatic heterocycles. The second kappa shape index (κ2) is 9.19. The monoisotopic (exact) mass is 452 g/mol. The fraction of sp³-hybridized carbons (Fsp3) is 0.300. The third kappa shape index (κ3) is 5.32. The highest BCUT2D eigenvalue weighted by molar-refractivity contribution is 8.01. The number of rotatable bonds is 7. The van der Waals surface area contributed by atoms with Gasteiger partial charge in [0.25, 0.3) is 0 Å². The van der Waals surface area contributed by atoms with Gasteiger partial charge in [-0.3, -0.25) is 9.59 Å². The summed E-state index contributed by atoms with van der Waals surface area (Å²) < 4.78 is 25.3. The predicted octanol–water partition coefficient (Wildman–Crippen LogP) is 3.64. The molecular formula is C20H21ClN2O4S2. The standard InChI is InChI=1S/C20H21ClN2O4S2/c1-2-17-20(25)23-16-11-14(7-8-18(16)28-17)29(26,27)10-9-19(24)22-12-13-5-3-4-6-15(13)21/h3-8,11,17H,2,9-10,12H2,1H3,(H,22,24)(H,23,25)/t17-/m0/s1. The average molecular weight is 453 g/mol. The Balaban J connectivity index is 1.61. The summed E-state index contributed by atoms with van der Waals surface area (Å²) in [5.41, 5.74) is 1.26. The fourth-order valence-electron chi connectivity index (χ4n) is 2.86. The lowest BCUT2D eigenvalue weighted by Crippen LogP contribution is -2.28. The molecule has 1 atom stereocenters. The van der Waals surface area contributed by atoms with E-state index in [9.17, 15) is 18.0 Å². The molecule has 2 N–H and O–H groups in total. The van der Waals surface area contributed by atoms with E-state index in [1.165, 1.54) is 23.9 Å². The minimum Gasteiger partial charge on any atom is -0.352 e. The van der Waals surface area contributed by atoms with E-state index in [0.29, 0.717) is 17.1 Å². The van der Waals surface area contributed by atoms with Gasteiger partial charge in [-0.15, -0.1) is 11.8 Å². The summed E-state index contributed by atoms with van der Waals surface area (Å²) in [4.78, 5) is 25.0. The number of hydrogen-bond acceptors (Lipinski definition) is 5. The van der Waals surface area contributed by atoms with Crippen LogP contribution in [-0.4, -0.2) is 31.2 Å². The molecule has 3 rings (SSSR count). The molecule has 2 aromatic carbocycles. The van der Waals surface area contributed by atoms with Gasteiger partial charge in [0.15, 0.2) is 9.84 Å². The van der Waals surface area contributed by atoms with E-state index in [4.69, 9.17) is 11.6 Å². The van der Waals surface area contributed by atoms with Crippen molar-refractivity contribution in [3.05, 3.63) is 53.1 Å². The number of benzene rings is 2. The molecule has 154 valence electrons. The van der Waals surface area contributed by atoms with E-state index >= 15 is 0 Å². The van der Waals surface area contributed by atoms with Crippen molar-refractivity contribution in [1.82, 2.24) is 5.32 Å². The lowest BCUT2D eigenvalue weighted by Gasteiger charge is -2.23. The molecule has 0 radical (unpaired) electrons. The molecule has 0 bridgehead atoms. The molecule has 2 aromatic rings. The van der Waals surface area contributed by atoms with Crippen LogP contribution in [0.15, 0.2) is 52.3 Å². The number of hydrogen-bond donors (Lipinski definition) is 2. The molecular weight excluding hydrogens is 432 g/mol. The first-order chi connectivity index (χ1) is 13.8. The number of sulfone groups is 1. The third-order valence-electron chi connectivity index (χ3n) is 4.53. The fourth-order valence-corrected chi connectivity index (χ4v) is 5.35. The molecule has 0 unspecified atom stereocenters. The van der Waals surface area contributed by atoms with Crippen LogP contribution in [0, 0.1) is 0 Å². The Hall–Kier alpha value is -2.03. The number of amides is 2. The number of anilines is 1. The third-order valence-corrected chi connectivity index (χ3v) is 8.06. The van der Waals surface area contributed by atoms with Gasteiger partial charge in [0.05, 0.1) is 21.6 Å². The van der Waals surface area contributed by atoms with Crippen LogP contribution in [0.1, 0.15) is 25.3 Å². The predicted molar refractivity (Wildman–Crippen MR) is 115 cm³/mol. The number of thioether (sulfide) groups is 1. The first kappa shape index (κ1) is 21.7. The van der Waals surface area contributed by atoms with Crippen molar-refractivity contribution in [3.8, 4) is 0 Å². The number of nitrogens with one attached hydrogen (secondary N) is 2. The molecule has 0 fully saturated rings. The summed E-state index contributed by atoms with van der Waals surface area (Å²) in [6.07, 6.45) is 0.530. The highest BCUT2D eigenvalue weighted by Gasteiger charge is 2.27. The van der Waals surface area contributed by atoms with Gasteiger partial charge in [-0.1, -0.05) is 36.7 Å². The van der Waals surface area contributed by atoms with Crippen molar-refractivity contribution in [2.45, 2.75) is 41.4 Å². The zero-order chi connectivity index (χ0) is 21.0. The molecule has 0 aliphatic carbocycles. The minimum atomic E-state index is -3.66. The Morgan fingerprint density at radius 3 is 2.72 bits per heavy atom. The van der Waals surface area contributed by atoms with Gasteiger partial charge in [-0.2, -0.15) is 0 Å². The van der Waals surface area contributed by atoms with Crippen molar-refractivity contribution in [2.75, 3.05) is 11.1 Å². The summed E-state index contributed by atoms with van der Waals surface area (Å²) in [6, 6.07) is 11.8. The maximum atomic E-state index is 12.6. The molecule has 9 heteroatoms. The lowest BCUT2D eigenvalue weighted by molar-refractivity contribution is -0.121. The smallest absolute Gasteiger partial charge is 0.237 e. The van der Waals surface area contributed by atoms with Crippen LogP contribution < -0.4 is 10.6 Å². The molecule has 29 heavy (non-hydrogen) atoms. The SMILES string of the molecule is CC[C@@H]1Sc2ccc(S(=O)(=O)CCC(=O)NCc3ccccc3Cl)cc2NC1=O. The van der Waals surface area contributed by atoms with Gasteiger partial charge in [0.2, 0.25) is 11.8 Å². The summed E-state index contributed by atoms with van der Waals surface area (Å²) in [7, 11) is -3.66. The lowest BCUT2D eigenvalue weighted by atomic mass is 10.2. The first-order valence-electron chi connectivity index (χ1n) is 9.14. The Morgan fingerprint density at radius 2 is 2.00 bits per heavy atom. The number of carbonyl (C=O) groups is 2. The van der Waals surface area contributed by atoms with Gasteiger partial charge in [0, 0.05) is 22.9 Å². The molecule has 1 aliphatic rings. The van der Waals surface area contributed by atoms with Crippen LogP contribution in [-0.2, 0) is 26.0 Å². The summed E-state index contributed by atoms with van der Waals surface area (Å²) in [5, 5.41) is 5.82. The van der Waals surface area contributed by atoms with Crippen molar-refractivity contribution >= 4 is 50.7 Å². The Labute approximate surface area is 179 Å². The topological polar surface area (TPSA) is 92.3 Å². The van der Waals surface area contributed by atoms with Gasteiger partial charge in [-0.25, -0.2) is 8.42 Å².